The van der Waals surface area contributed by atoms with Crippen molar-refractivity contribution in [2.45, 2.75) is 33.6 Å². The number of rotatable bonds is 3. The monoisotopic (exact) mass is 188 g/mol. The Morgan fingerprint density at radius 2 is 2.00 bits per heavy atom. The van der Waals surface area contributed by atoms with Gasteiger partial charge in [0.2, 0.25) is 0 Å². The number of hydrogen-bond acceptors (Lipinski definition) is 0. The van der Waals surface area contributed by atoms with Crippen LogP contribution in [-0.4, -0.2) is 0 Å². The molecule has 0 aliphatic rings. The maximum atomic E-state index is 3.78. The highest BCUT2D eigenvalue weighted by molar-refractivity contribution is 5.47. The Kier molecular flexibility index (Phi) is 3.51. The molecule has 14 heavy (non-hydrogen) atoms. The highest BCUT2D eigenvalue weighted by Gasteiger charge is 2.09. The molecule has 0 aliphatic carbocycles. The van der Waals surface area contributed by atoms with Crippen LogP contribution in [-0.2, 0) is 6.42 Å². The topological polar surface area (TPSA) is 0 Å². The zero-order valence-corrected chi connectivity index (χ0v) is 9.51. The molecule has 0 heterocycles. The van der Waals surface area contributed by atoms with E-state index in [4.69, 9.17) is 0 Å². The SMILES string of the molecule is C=Cc1cccc(CCC(C)(C)C)c1. The first-order chi connectivity index (χ1) is 6.51. The van der Waals surface area contributed by atoms with Crippen molar-refractivity contribution in [3.05, 3.63) is 42.0 Å². The predicted octanol–water partition coefficient (Wildman–Crippen LogP) is 4.31. The molecule has 0 amide bonds. The molecule has 0 aromatic heterocycles. The lowest BCUT2D eigenvalue weighted by atomic mass is 9.88. The highest BCUT2D eigenvalue weighted by Crippen LogP contribution is 2.21. The van der Waals surface area contributed by atoms with E-state index < -0.39 is 0 Å². The summed E-state index contributed by atoms with van der Waals surface area (Å²) in [6.45, 7) is 10.6. The smallest absolute Gasteiger partial charge is 0.0260 e. The Labute approximate surface area is 87.7 Å². The number of benzene rings is 1. The van der Waals surface area contributed by atoms with Gasteiger partial charge in [-0.15, -0.1) is 0 Å². The van der Waals surface area contributed by atoms with Gasteiger partial charge < -0.3 is 0 Å². The summed E-state index contributed by atoms with van der Waals surface area (Å²) in [5, 5.41) is 0. The summed E-state index contributed by atoms with van der Waals surface area (Å²) in [4.78, 5) is 0. The molecule has 0 unspecified atom stereocenters. The van der Waals surface area contributed by atoms with E-state index in [1.54, 1.807) is 0 Å². The standard InChI is InChI=1S/C14H20/c1-5-12-7-6-8-13(11-12)9-10-14(2,3)4/h5-8,11H,1,9-10H2,2-4H3. The van der Waals surface area contributed by atoms with Crippen LogP contribution < -0.4 is 0 Å². The largest absolute Gasteiger partial charge is 0.0985 e. The average molecular weight is 188 g/mol. The van der Waals surface area contributed by atoms with Crippen molar-refractivity contribution in [1.82, 2.24) is 0 Å². The van der Waals surface area contributed by atoms with E-state index in [1.807, 2.05) is 6.08 Å². The lowest BCUT2D eigenvalue weighted by Gasteiger charge is -2.17. The highest BCUT2D eigenvalue weighted by atomic mass is 14.1. The Hall–Kier alpha value is -1.04. The number of aryl methyl sites for hydroxylation is 1. The Morgan fingerprint density at radius 3 is 2.57 bits per heavy atom. The van der Waals surface area contributed by atoms with Gasteiger partial charge in [0.25, 0.3) is 0 Å². The lowest BCUT2D eigenvalue weighted by molar-refractivity contribution is 0.378. The van der Waals surface area contributed by atoms with Crippen LogP contribution in [0.4, 0.5) is 0 Å². The Balaban J connectivity index is 2.63. The van der Waals surface area contributed by atoms with Crippen LogP contribution in [0, 0.1) is 5.41 Å². The van der Waals surface area contributed by atoms with Gasteiger partial charge in [0.1, 0.15) is 0 Å². The van der Waals surface area contributed by atoms with Crippen molar-refractivity contribution < 1.29 is 0 Å². The molecule has 0 aliphatic heterocycles. The van der Waals surface area contributed by atoms with Crippen LogP contribution in [0.3, 0.4) is 0 Å². The summed E-state index contributed by atoms with van der Waals surface area (Å²) in [5.74, 6) is 0. The van der Waals surface area contributed by atoms with Crippen molar-refractivity contribution in [1.29, 1.82) is 0 Å². The molecule has 0 N–H and O–H groups in total. The molecule has 0 radical (unpaired) electrons. The number of hydrogen-bond donors (Lipinski definition) is 0. The third-order valence-electron chi connectivity index (χ3n) is 2.35. The van der Waals surface area contributed by atoms with Gasteiger partial charge in [-0.3, -0.25) is 0 Å². The maximum Gasteiger partial charge on any atom is -0.0260 e. The summed E-state index contributed by atoms with van der Waals surface area (Å²) >= 11 is 0. The lowest BCUT2D eigenvalue weighted by Crippen LogP contribution is -2.06. The fraction of sp³-hybridized carbons (Fsp3) is 0.429. The molecular formula is C14H20. The maximum absolute atomic E-state index is 3.78. The van der Waals surface area contributed by atoms with Crippen LogP contribution >= 0.6 is 0 Å². The summed E-state index contributed by atoms with van der Waals surface area (Å²) in [6, 6.07) is 8.61. The molecule has 0 spiro atoms. The van der Waals surface area contributed by atoms with Gasteiger partial charge in [-0.05, 0) is 29.4 Å². The first-order valence-electron chi connectivity index (χ1n) is 5.23. The molecular weight excluding hydrogens is 168 g/mol. The molecule has 76 valence electrons. The summed E-state index contributed by atoms with van der Waals surface area (Å²) in [6.07, 6.45) is 4.29. The molecule has 0 saturated heterocycles. The van der Waals surface area contributed by atoms with E-state index >= 15 is 0 Å². The Morgan fingerprint density at radius 1 is 1.29 bits per heavy atom. The summed E-state index contributed by atoms with van der Waals surface area (Å²) in [5.41, 5.74) is 3.05. The van der Waals surface area contributed by atoms with Crippen molar-refractivity contribution in [2.75, 3.05) is 0 Å². The predicted molar refractivity (Wildman–Crippen MR) is 64.3 cm³/mol. The molecule has 0 fully saturated rings. The van der Waals surface area contributed by atoms with Gasteiger partial charge in [-0.1, -0.05) is 57.7 Å². The van der Waals surface area contributed by atoms with Crippen LogP contribution in [0.2, 0.25) is 0 Å². The molecule has 0 nitrogen and oxygen atoms in total. The minimum atomic E-state index is 0.421. The third kappa shape index (κ3) is 3.78. The van der Waals surface area contributed by atoms with Gasteiger partial charge in [0.05, 0.1) is 0 Å². The zero-order chi connectivity index (χ0) is 10.6. The van der Waals surface area contributed by atoms with Gasteiger partial charge in [-0.2, -0.15) is 0 Å². The van der Waals surface area contributed by atoms with Crippen LogP contribution in [0.5, 0.6) is 0 Å². The van der Waals surface area contributed by atoms with Gasteiger partial charge >= 0.3 is 0 Å². The third-order valence-corrected chi connectivity index (χ3v) is 2.35. The van der Waals surface area contributed by atoms with E-state index in [0.29, 0.717) is 5.41 Å². The van der Waals surface area contributed by atoms with Gasteiger partial charge in [0.15, 0.2) is 0 Å². The van der Waals surface area contributed by atoms with Gasteiger partial charge in [0, 0.05) is 0 Å². The van der Waals surface area contributed by atoms with E-state index in [2.05, 4.69) is 51.6 Å². The van der Waals surface area contributed by atoms with Crippen LogP contribution in [0.15, 0.2) is 30.8 Å². The molecule has 1 aromatic carbocycles. The van der Waals surface area contributed by atoms with Crippen LogP contribution in [0.25, 0.3) is 6.08 Å². The van der Waals surface area contributed by atoms with E-state index in [-0.39, 0.29) is 0 Å². The molecule has 0 atom stereocenters. The first kappa shape index (κ1) is 11.0. The summed E-state index contributed by atoms with van der Waals surface area (Å²) in [7, 11) is 0. The second-order valence-corrected chi connectivity index (χ2v) is 5.01. The minimum absolute atomic E-state index is 0.421. The fourth-order valence-electron chi connectivity index (χ4n) is 1.39. The van der Waals surface area contributed by atoms with Crippen molar-refractivity contribution in [3.8, 4) is 0 Å². The average Bonchev–Trinajstić information content (AvgIpc) is 2.14. The fourth-order valence-corrected chi connectivity index (χ4v) is 1.39. The Bertz CT molecular complexity index is 302. The first-order valence-corrected chi connectivity index (χ1v) is 5.23. The van der Waals surface area contributed by atoms with Crippen molar-refractivity contribution >= 4 is 6.08 Å². The molecule has 0 saturated carbocycles. The quantitative estimate of drug-likeness (QED) is 0.663. The minimum Gasteiger partial charge on any atom is -0.0985 e. The normalized spacial score (nSPS) is 11.4. The second kappa shape index (κ2) is 4.45. The van der Waals surface area contributed by atoms with E-state index in [9.17, 15) is 0 Å². The van der Waals surface area contributed by atoms with E-state index in [0.717, 1.165) is 6.42 Å². The molecule has 0 heteroatoms. The van der Waals surface area contributed by atoms with Crippen molar-refractivity contribution in [3.63, 3.8) is 0 Å². The zero-order valence-electron chi connectivity index (χ0n) is 9.51. The van der Waals surface area contributed by atoms with Gasteiger partial charge in [-0.25, -0.2) is 0 Å². The summed E-state index contributed by atoms with van der Waals surface area (Å²) < 4.78 is 0. The van der Waals surface area contributed by atoms with Crippen LogP contribution in [0.1, 0.15) is 38.3 Å². The van der Waals surface area contributed by atoms with E-state index in [1.165, 1.54) is 17.5 Å². The molecule has 0 bridgehead atoms. The molecule has 1 rings (SSSR count). The second-order valence-electron chi connectivity index (χ2n) is 5.01. The van der Waals surface area contributed by atoms with Crippen molar-refractivity contribution in [2.24, 2.45) is 5.41 Å². The molecule has 1 aromatic rings.